The maximum atomic E-state index is 5.85. The maximum Gasteiger partial charge on any atom is 0.165 e. The van der Waals surface area contributed by atoms with E-state index in [1.54, 1.807) is 6.07 Å². The van der Waals surface area contributed by atoms with E-state index in [-0.39, 0.29) is 12.2 Å². The highest BCUT2D eigenvalue weighted by atomic mass is 15.3. The highest BCUT2D eigenvalue weighted by molar-refractivity contribution is 6.06. The quantitative estimate of drug-likeness (QED) is 0.923. The van der Waals surface area contributed by atoms with Crippen LogP contribution in [0.3, 0.4) is 0 Å². The molecule has 108 valence electrons. The predicted octanol–water partition coefficient (Wildman–Crippen LogP) is 3.12. The first-order chi connectivity index (χ1) is 10.8. The fourth-order valence-corrected chi connectivity index (χ4v) is 2.95. The van der Waals surface area contributed by atoms with Crippen LogP contribution in [0.4, 0.5) is 11.5 Å². The average molecular weight is 288 g/mol. The summed E-state index contributed by atoms with van der Waals surface area (Å²) < 4.78 is 0. The van der Waals surface area contributed by atoms with Gasteiger partial charge in [-0.05, 0) is 30.3 Å². The molecule has 0 radical (unpaired) electrons. The molecule has 1 aromatic carbocycles. The van der Waals surface area contributed by atoms with Crippen molar-refractivity contribution >= 4 is 17.2 Å². The van der Waals surface area contributed by atoms with Crippen LogP contribution >= 0.6 is 0 Å². The van der Waals surface area contributed by atoms with Crippen LogP contribution in [0.5, 0.6) is 0 Å². The van der Waals surface area contributed by atoms with Crippen molar-refractivity contribution in [3.8, 4) is 0 Å². The van der Waals surface area contributed by atoms with Gasteiger partial charge in [0.05, 0.1) is 17.4 Å². The Morgan fingerprint density at radius 3 is 2.64 bits per heavy atom. The number of pyridine rings is 1. The molecule has 0 fully saturated rings. The molecule has 2 atom stereocenters. The lowest BCUT2D eigenvalue weighted by atomic mass is 10.1. The van der Waals surface area contributed by atoms with Gasteiger partial charge in [0, 0.05) is 5.69 Å². The summed E-state index contributed by atoms with van der Waals surface area (Å²) in [6.45, 7) is 0. The molecule has 4 nitrogen and oxygen atoms in total. The molecule has 1 aliphatic heterocycles. The second-order valence-electron chi connectivity index (χ2n) is 5.35. The molecule has 0 spiro atoms. The van der Waals surface area contributed by atoms with Crippen LogP contribution in [0.25, 0.3) is 0 Å². The van der Waals surface area contributed by atoms with Crippen LogP contribution in [0, 0.1) is 0 Å². The number of aliphatic imine (C=N–C) groups is 1. The molecule has 2 aliphatic rings. The molecule has 0 saturated carbocycles. The first-order valence-electron chi connectivity index (χ1n) is 7.31. The molecule has 2 aromatic rings. The van der Waals surface area contributed by atoms with Crippen LogP contribution in [0.2, 0.25) is 0 Å². The second kappa shape index (κ2) is 5.15. The SMILES string of the molecule is Nc1cccc(C2N=C3C=CC=CC3N2c2ccccc2)n1. The topological polar surface area (TPSA) is 54.5 Å². The molecule has 0 saturated heterocycles. The number of anilines is 2. The molecule has 1 aromatic heterocycles. The number of benzene rings is 1. The molecule has 4 heteroatoms. The number of nitrogens with two attached hydrogens (primary N) is 1. The van der Waals surface area contributed by atoms with Crippen molar-refractivity contribution in [2.24, 2.45) is 4.99 Å². The van der Waals surface area contributed by atoms with Gasteiger partial charge in [-0.1, -0.05) is 42.5 Å². The number of hydrogen-bond donors (Lipinski definition) is 1. The summed E-state index contributed by atoms with van der Waals surface area (Å²) in [6, 6.07) is 16.1. The highest BCUT2D eigenvalue weighted by Gasteiger charge is 2.36. The van der Waals surface area contributed by atoms with Gasteiger partial charge in [-0.2, -0.15) is 0 Å². The summed E-state index contributed by atoms with van der Waals surface area (Å²) >= 11 is 0. The van der Waals surface area contributed by atoms with E-state index < -0.39 is 0 Å². The zero-order chi connectivity index (χ0) is 14.9. The maximum absolute atomic E-state index is 5.85. The van der Waals surface area contributed by atoms with Crippen LogP contribution in [0.15, 0.2) is 77.8 Å². The van der Waals surface area contributed by atoms with Crippen molar-refractivity contribution in [2.75, 3.05) is 10.6 Å². The van der Waals surface area contributed by atoms with E-state index in [1.165, 1.54) is 0 Å². The van der Waals surface area contributed by atoms with Gasteiger partial charge < -0.3 is 10.6 Å². The zero-order valence-corrected chi connectivity index (χ0v) is 12.0. The Kier molecular flexibility index (Phi) is 3.00. The average Bonchev–Trinajstić information content (AvgIpc) is 2.95. The first-order valence-corrected chi connectivity index (χ1v) is 7.31. The Balaban J connectivity index is 1.82. The van der Waals surface area contributed by atoms with E-state index in [1.807, 2.05) is 36.4 Å². The Bertz CT molecular complexity index is 777. The first kappa shape index (κ1) is 12.8. The summed E-state index contributed by atoms with van der Waals surface area (Å²) in [6.07, 6.45) is 8.16. The minimum absolute atomic E-state index is 0.139. The summed E-state index contributed by atoms with van der Waals surface area (Å²) in [4.78, 5) is 11.6. The Morgan fingerprint density at radius 1 is 0.955 bits per heavy atom. The van der Waals surface area contributed by atoms with Gasteiger partial charge in [-0.15, -0.1) is 0 Å². The number of fused-ring (bicyclic) bond motifs is 1. The van der Waals surface area contributed by atoms with Gasteiger partial charge in [-0.25, -0.2) is 4.98 Å². The third-order valence-corrected chi connectivity index (χ3v) is 3.92. The van der Waals surface area contributed by atoms with Crippen molar-refractivity contribution < 1.29 is 0 Å². The molecular weight excluding hydrogens is 272 g/mol. The van der Waals surface area contributed by atoms with E-state index in [0.29, 0.717) is 5.82 Å². The molecule has 4 rings (SSSR count). The number of para-hydroxylation sites is 1. The van der Waals surface area contributed by atoms with Crippen LogP contribution < -0.4 is 10.6 Å². The third kappa shape index (κ3) is 2.09. The normalized spacial score (nSPS) is 22.5. The van der Waals surface area contributed by atoms with Crippen LogP contribution in [-0.2, 0) is 0 Å². The molecule has 2 N–H and O–H groups in total. The minimum Gasteiger partial charge on any atom is -0.384 e. The fourth-order valence-electron chi connectivity index (χ4n) is 2.95. The van der Waals surface area contributed by atoms with Gasteiger partial charge in [0.1, 0.15) is 5.82 Å². The standard InChI is InChI=1S/C18H16N4/c19-17-12-6-10-15(20-17)18-21-14-9-4-5-11-16(14)22(18)13-7-2-1-3-8-13/h1-12,16,18H,(H2,19,20). The lowest BCUT2D eigenvalue weighted by molar-refractivity contribution is 0.676. The number of allylic oxidation sites excluding steroid dienone is 2. The Morgan fingerprint density at radius 2 is 1.82 bits per heavy atom. The van der Waals surface area contributed by atoms with Crippen LogP contribution in [-0.4, -0.2) is 16.7 Å². The zero-order valence-electron chi connectivity index (χ0n) is 12.0. The number of aromatic nitrogens is 1. The van der Waals surface area contributed by atoms with E-state index in [9.17, 15) is 0 Å². The Labute approximate surface area is 129 Å². The largest absolute Gasteiger partial charge is 0.384 e. The van der Waals surface area contributed by atoms with Gasteiger partial charge in [0.15, 0.2) is 6.17 Å². The molecule has 0 bridgehead atoms. The van der Waals surface area contributed by atoms with E-state index in [4.69, 9.17) is 10.7 Å². The van der Waals surface area contributed by atoms with Crippen LogP contribution in [0.1, 0.15) is 11.9 Å². The molecule has 2 unspecified atom stereocenters. The van der Waals surface area contributed by atoms with Crippen molar-refractivity contribution in [3.63, 3.8) is 0 Å². The monoisotopic (exact) mass is 288 g/mol. The van der Waals surface area contributed by atoms with E-state index in [0.717, 1.165) is 17.1 Å². The number of rotatable bonds is 2. The van der Waals surface area contributed by atoms with Crippen molar-refractivity contribution in [1.82, 2.24) is 4.98 Å². The lowest BCUT2D eigenvalue weighted by Gasteiger charge is -2.30. The summed E-state index contributed by atoms with van der Waals surface area (Å²) in [5, 5.41) is 0. The molecule has 0 amide bonds. The Hall–Kier alpha value is -2.88. The minimum atomic E-state index is -0.154. The van der Waals surface area contributed by atoms with Crippen molar-refractivity contribution in [1.29, 1.82) is 0 Å². The van der Waals surface area contributed by atoms with E-state index >= 15 is 0 Å². The van der Waals surface area contributed by atoms with Gasteiger partial charge in [0.2, 0.25) is 0 Å². The second-order valence-corrected chi connectivity index (χ2v) is 5.35. The summed E-state index contributed by atoms with van der Waals surface area (Å²) in [7, 11) is 0. The van der Waals surface area contributed by atoms with E-state index in [2.05, 4.69) is 40.2 Å². The molecule has 1 aliphatic carbocycles. The number of hydrogen-bond acceptors (Lipinski definition) is 4. The van der Waals surface area contributed by atoms with Gasteiger partial charge >= 0.3 is 0 Å². The molecule has 22 heavy (non-hydrogen) atoms. The van der Waals surface area contributed by atoms with Crippen molar-refractivity contribution in [2.45, 2.75) is 12.2 Å². The van der Waals surface area contributed by atoms with Gasteiger partial charge in [0.25, 0.3) is 0 Å². The number of nitrogen functional groups attached to an aromatic ring is 1. The van der Waals surface area contributed by atoms with Crippen molar-refractivity contribution in [3.05, 3.63) is 78.5 Å². The molecular formula is C18H16N4. The third-order valence-electron chi connectivity index (χ3n) is 3.92. The molecule has 2 heterocycles. The lowest BCUT2D eigenvalue weighted by Crippen LogP contribution is -2.36. The summed E-state index contributed by atoms with van der Waals surface area (Å²) in [5.74, 6) is 0.520. The van der Waals surface area contributed by atoms with Gasteiger partial charge in [-0.3, -0.25) is 4.99 Å². The smallest absolute Gasteiger partial charge is 0.165 e. The highest BCUT2D eigenvalue weighted by Crippen LogP contribution is 2.36. The fraction of sp³-hybridized carbons (Fsp3) is 0.111. The number of nitrogens with zero attached hydrogens (tertiary/aromatic N) is 3. The summed E-state index contributed by atoms with van der Waals surface area (Å²) in [5.41, 5.74) is 8.90. The predicted molar refractivity (Wildman–Crippen MR) is 89.8 cm³/mol.